The Morgan fingerprint density at radius 3 is 2.50 bits per heavy atom. The number of carbonyl (C=O) groups excluding carboxylic acids is 2. The molecule has 8 heteroatoms. The van der Waals surface area contributed by atoms with Crippen LogP contribution in [-0.2, 0) is 16.0 Å². The maximum Gasteiger partial charge on any atom is 0.254 e. The van der Waals surface area contributed by atoms with E-state index in [9.17, 15) is 9.59 Å². The van der Waals surface area contributed by atoms with Crippen LogP contribution >= 0.6 is 11.3 Å². The minimum atomic E-state index is -0.215. The predicted octanol–water partition coefficient (Wildman–Crippen LogP) is 5.71. The van der Waals surface area contributed by atoms with Crippen LogP contribution in [0.2, 0.25) is 0 Å². The highest BCUT2D eigenvalue weighted by molar-refractivity contribution is 7.10. The molecular weight excluding hydrogens is 524 g/mol. The lowest BCUT2D eigenvalue weighted by Crippen LogP contribution is -2.49. The lowest BCUT2D eigenvalue weighted by molar-refractivity contribution is -0.135. The molecule has 212 valence electrons. The first-order chi connectivity index (χ1) is 19.4. The Labute approximate surface area is 240 Å². The molecule has 0 radical (unpaired) electrons. The van der Waals surface area contributed by atoms with E-state index in [1.165, 1.54) is 10.4 Å². The topological polar surface area (TPSA) is 68.3 Å². The van der Waals surface area contributed by atoms with Gasteiger partial charge in [0.2, 0.25) is 5.91 Å². The summed E-state index contributed by atoms with van der Waals surface area (Å²) >= 11 is 1.73. The van der Waals surface area contributed by atoms with E-state index >= 15 is 0 Å². The van der Waals surface area contributed by atoms with Crippen LogP contribution in [0.5, 0.6) is 11.5 Å². The number of hydrogen-bond donors (Lipinski definition) is 0. The molecule has 7 nitrogen and oxygen atoms in total. The Morgan fingerprint density at radius 1 is 1.07 bits per heavy atom. The molecule has 0 saturated carbocycles. The Morgan fingerprint density at radius 2 is 1.82 bits per heavy atom. The van der Waals surface area contributed by atoms with E-state index in [1.54, 1.807) is 47.6 Å². The Balaban J connectivity index is 1.33. The van der Waals surface area contributed by atoms with Crippen molar-refractivity contribution in [2.75, 3.05) is 40.0 Å². The van der Waals surface area contributed by atoms with Crippen LogP contribution in [-0.4, -0.2) is 67.7 Å². The number of hydrogen-bond acceptors (Lipinski definition) is 6. The van der Waals surface area contributed by atoms with Gasteiger partial charge in [-0.25, -0.2) is 0 Å². The molecule has 2 amide bonds. The smallest absolute Gasteiger partial charge is 0.254 e. The molecule has 1 saturated heterocycles. The number of thiophene rings is 1. The maximum atomic E-state index is 13.9. The summed E-state index contributed by atoms with van der Waals surface area (Å²) < 4.78 is 17.3. The van der Waals surface area contributed by atoms with Crippen LogP contribution in [0.3, 0.4) is 0 Å². The van der Waals surface area contributed by atoms with Gasteiger partial charge in [-0.1, -0.05) is 26.0 Å². The summed E-state index contributed by atoms with van der Waals surface area (Å²) in [7, 11) is 1.59. The highest BCUT2D eigenvalue weighted by Gasteiger charge is 2.34. The molecule has 0 unspecified atom stereocenters. The third-order valence-corrected chi connectivity index (χ3v) is 8.76. The molecule has 1 fully saturated rings. The van der Waals surface area contributed by atoms with E-state index in [1.807, 2.05) is 17.0 Å². The number of nitrogens with zero attached hydrogens (tertiary/aromatic N) is 2. The lowest BCUT2D eigenvalue weighted by atomic mass is 10.00. The van der Waals surface area contributed by atoms with Crippen molar-refractivity contribution in [3.05, 3.63) is 81.5 Å². The highest BCUT2D eigenvalue weighted by Crippen LogP contribution is 2.34. The molecule has 3 aromatic rings. The summed E-state index contributed by atoms with van der Waals surface area (Å²) in [6.07, 6.45) is 2.59. The number of methoxy groups -OCH3 is 1. The molecule has 2 aliphatic rings. The summed E-state index contributed by atoms with van der Waals surface area (Å²) in [5.74, 6) is 1.65. The molecule has 3 heterocycles. The van der Waals surface area contributed by atoms with E-state index < -0.39 is 0 Å². The van der Waals surface area contributed by atoms with Crippen LogP contribution in [0.15, 0.2) is 60.0 Å². The fourth-order valence-electron chi connectivity index (χ4n) is 5.42. The van der Waals surface area contributed by atoms with Crippen LogP contribution < -0.4 is 9.47 Å². The first-order valence-electron chi connectivity index (χ1n) is 14.1. The predicted molar refractivity (Wildman–Crippen MR) is 156 cm³/mol. The van der Waals surface area contributed by atoms with Crippen LogP contribution in [0.1, 0.15) is 65.0 Å². The van der Waals surface area contributed by atoms with Gasteiger partial charge in [0.05, 0.1) is 19.3 Å². The number of amides is 2. The van der Waals surface area contributed by atoms with Gasteiger partial charge in [0.15, 0.2) is 0 Å². The average molecular weight is 563 g/mol. The van der Waals surface area contributed by atoms with E-state index in [0.717, 1.165) is 30.6 Å². The number of ether oxygens (including phenoxy) is 3. The lowest BCUT2D eigenvalue weighted by Gasteiger charge is -2.37. The SMILES string of the molecule is COc1ccc(C(=O)N(CC(=O)N2CCc3sccc3[C@H]2COc2ccc(C(C)C)cc2)C[C@@H]2CCCO2)cc1. The molecule has 5 rings (SSSR count). The summed E-state index contributed by atoms with van der Waals surface area (Å²) in [6, 6.07) is 17.1. The molecule has 0 spiro atoms. The normalized spacial score (nSPS) is 18.4. The molecule has 1 aromatic heterocycles. The average Bonchev–Trinajstić information content (AvgIpc) is 3.68. The van der Waals surface area contributed by atoms with Crippen molar-refractivity contribution >= 4 is 23.2 Å². The Kier molecular flexibility index (Phi) is 9.07. The zero-order chi connectivity index (χ0) is 28.1. The fraction of sp³-hybridized carbons (Fsp3) is 0.438. The van der Waals surface area contributed by atoms with Crippen LogP contribution in [0.25, 0.3) is 0 Å². The third kappa shape index (κ3) is 6.50. The summed E-state index contributed by atoms with van der Waals surface area (Å²) in [5, 5.41) is 2.08. The van der Waals surface area contributed by atoms with Crippen molar-refractivity contribution in [3.63, 3.8) is 0 Å². The van der Waals surface area contributed by atoms with Gasteiger partial charge in [0, 0.05) is 30.1 Å². The van der Waals surface area contributed by atoms with Crippen molar-refractivity contribution in [2.45, 2.75) is 51.2 Å². The van der Waals surface area contributed by atoms with Gasteiger partial charge < -0.3 is 24.0 Å². The van der Waals surface area contributed by atoms with E-state index in [-0.39, 0.29) is 30.5 Å². The van der Waals surface area contributed by atoms with Gasteiger partial charge in [0.1, 0.15) is 24.7 Å². The van der Waals surface area contributed by atoms with Gasteiger partial charge in [-0.2, -0.15) is 0 Å². The number of fused-ring (bicyclic) bond motifs is 1. The molecule has 0 aliphatic carbocycles. The van der Waals surface area contributed by atoms with Gasteiger partial charge in [-0.05, 0) is 84.2 Å². The largest absolute Gasteiger partial charge is 0.497 e. The van der Waals surface area contributed by atoms with Crippen LogP contribution in [0, 0.1) is 0 Å². The Bertz CT molecular complexity index is 1280. The van der Waals surface area contributed by atoms with Gasteiger partial charge in [-0.15, -0.1) is 11.3 Å². The van der Waals surface area contributed by atoms with E-state index in [0.29, 0.717) is 43.5 Å². The van der Waals surface area contributed by atoms with Crippen molar-refractivity contribution < 1.29 is 23.8 Å². The molecule has 2 aromatic carbocycles. The quantitative estimate of drug-likeness (QED) is 0.317. The molecule has 2 atom stereocenters. The third-order valence-electron chi connectivity index (χ3n) is 7.77. The number of carbonyl (C=O) groups is 2. The fourth-order valence-corrected chi connectivity index (χ4v) is 6.35. The van der Waals surface area contributed by atoms with Crippen LogP contribution in [0.4, 0.5) is 0 Å². The maximum absolute atomic E-state index is 13.9. The molecule has 0 N–H and O–H groups in total. The Hall–Kier alpha value is -3.36. The summed E-state index contributed by atoms with van der Waals surface area (Å²) in [6.45, 7) is 6.35. The standard InChI is InChI=1S/C32H38N2O5S/c1-22(2)23-6-12-26(13-7-23)39-21-29-28-15-18-40-30(28)14-16-34(29)31(35)20-33(19-27-5-4-17-38-27)32(36)24-8-10-25(37-3)11-9-24/h6-13,15,18,22,27,29H,4-5,14,16-17,19-21H2,1-3H3/t27-,29+/m0/s1. The second-order valence-electron chi connectivity index (χ2n) is 10.7. The first-order valence-corrected chi connectivity index (χ1v) is 14.9. The number of benzene rings is 2. The van der Waals surface area contributed by atoms with Crippen molar-refractivity contribution in [3.8, 4) is 11.5 Å². The van der Waals surface area contributed by atoms with Crippen molar-refractivity contribution in [2.24, 2.45) is 0 Å². The highest BCUT2D eigenvalue weighted by atomic mass is 32.1. The van der Waals surface area contributed by atoms with E-state index in [4.69, 9.17) is 14.2 Å². The zero-order valence-corrected chi connectivity index (χ0v) is 24.3. The second kappa shape index (κ2) is 12.9. The first kappa shape index (κ1) is 28.2. The molecule has 40 heavy (non-hydrogen) atoms. The van der Waals surface area contributed by atoms with Gasteiger partial charge >= 0.3 is 0 Å². The van der Waals surface area contributed by atoms with E-state index in [2.05, 4.69) is 37.4 Å². The second-order valence-corrected chi connectivity index (χ2v) is 11.7. The summed E-state index contributed by atoms with van der Waals surface area (Å²) in [4.78, 5) is 32.3. The monoisotopic (exact) mass is 562 g/mol. The zero-order valence-electron chi connectivity index (χ0n) is 23.5. The van der Waals surface area contributed by atoms with Gasteiger partial charge in [0.25, 0.3) is 5.91 Å². The minimum Gasteiger partial charge on any atom is -0.497 e. The number of rotatable bonds is 10. The van der Waals surface area contributed by atoms with Gasteiger partial charge in [-0.3, -0.25) is 9.59 Å². The van der Waals surface area contributed by atoms with Crippen molar-refractivity contribution in [1.29, 1.82) is 0 Å². The molecule has 2 aliphatic heterocycles. The molecule has 0 bridgehead atoms. The van der Waals surface area contributed by atoms with Crippen molar-refractivity contribution in [1.82, 2.24) is 9.80 Å². The molecular formula is C32H38N2O5S. The minimum absolute atomic E-state index is 0.0101. The summed E-state index contributed by atoms with van der Waals surface area (Å²) in [5.41, 5.74) is 2.92.